The second-order valence-electron chi connectivity index (χ2n) is 5.94. The van der Waals surface area contributed by atoms with E-state index in [1.54, 1.807) is 19.2 Å². The number of thiazole rings is 1. The molecule has 0 bridgehead atoms. The Morgan fingerprint density at radius 3 is 2.55 bits per heavy atom. The summed E-state index contributed by atoms with van der Waals surface area (Å²) in [6.45, 7) is -0.425. The molecule has 3 aromatic rings. The van der Waals surface area contributed by atoms with Crippen LogP contribution in [0.3, 0.4) is 0 Å². The van der Waals surface area contributed by atoms with Crippen molar-refractivity contribution in [1.29, 1.82) is 0 Å². The van der Waals surface area contributed by atoms with Crippen LogP contribution in [0.4, 0.5) is 5.13 Å². The average Bonchev–Trinajstić information content (AvgIpc) is 3.24. The van der Waals surface area contributed by atoms with Crippen LogP contribution in [0.15, 0.2) is 46.7 Å². The minimum Gasteiger partial charge on any atom is -0.497 e. The Kier molecular flexibility index (Phi) is 8.45. The van der Waals surface area contributed by atoms with E-state index in [0.717, 1.165) is 28.8 Å². The number of benzene rings is 2. The molecule has 11 heteroatoms. The normalized spacial score (nSPS) is 10.6. The molecule has 0 saturated heterocycles. The number of hydrogen-bond acceptors (Lipinski definition) is 7. The lowest BCUT2D eigenvalue weighted by Crippen LogP contribution is -2.21. The van der Waals surface area contributed by atoms with E-state index in [-0.39, 0.29) is 15.8 Å². The molecule has 0 aliphatic heterocycles. The molecule has 0 fully saturated rings. The predicted octanol–water partition coefficient (Wildman–Crippen LogP) is 6.05. The fourth-order valence-electron chi connectivity index (χ4n) is 2.32. The number of aromatic nitrogens is 1. The largest absolute Gasteiger partial charge is 0.497 e. The number of rotatable bonds is 8. The highest BCUT2D eigenvalue weighted by molar-refractivity contribution is 8.00. The van der Waals surface area contributed by atoms with E-state index in [9.17, 15) is 9.59 Å². The fraction of sp³-hybridized carbons (Fsp3) is 0.150. The first-order chi connectivity index (χ1) is 14.9. The molecule has 31 heavy (non-hydrogen) atoms. The van der Waals surface area contributed by atoms with Crippen LogP contribution in [-0.2, 0) is 14.3 Å². The van der Waals surface area contributed by atoms with E-state index in [4.69, 9.17) is 44.3 Å². The molecule has 0 aliphatic rings. The van der Waals surface area contributed by atoms with Gasteiger partial charge < -0.3 is 9.47 Å². The molecule has 1 amide bonds. The lowest BCUT2D eigenvalue weighted by molar-refractivity contribution is -0.144. The third-order valence-electron chi connectivity index (χ3n) is 3.85. The molecule has 0 atom stereocenters. The van der Waals surface area contributed by atoms with Gasteiger partial charge in [-0.15, -0.1) is 23.1 Å². The van der Waals surface area contributed by atoms with Gasteiger partial charge in [-0.25, -0.2) is 4.98 Å². The van der Waals surface area contributed by atoms with Crippen molar-refractivity contribution in [1.82, 2.24) is 4.98 Å². The van der Waals surface area contributed by atoms with Gasteiger partial charge in [0.15, 0.2) is 11.7 Å². The SMILES string of the molecule is COc1ccc(-c2csc(NC(=O)COC(=O)CSc3ccc(Cl)c(Cl)c3Cl)n2)cc1. The third kappa shape index (κ3) is 6.51. The zero-order valence-electron chi connectivity index (χ0n) is 16.0. The molecule has 6 nitrogen and oxygen atoms in total. The summed E-state index contributed by atoms with van der Waals surface area (Å²) in [6, 6.07) is 10.7. The van der Waals surface area contributed by atoms with Crippen molar-refractivity contribution in [3.05, 3.63) is 56.8 Å². The van der Waals surface area contributed by atoms with Crippen molar-refractivity contribution < 1.29 is 19.1 Å². The van der Waals surface area contributed by atoms with E-state index < -0.39 is 18.5 Å². The van der Waals surface area contributed by atoms with Gasteiger partial charge in [0.2, 0.25) is 0 Å². The van der Waals surface area contributed by atoms with Crippen LogP contribution in [0.1, 0.15) is 0 Å². The second kappa shape index (κ2) is 11.1. The summed E-state index contributed by atoms with van der Waals surface area (Å²) < 4.78 is 10.1. The number of hydrogen-bond donors (Lipinski definition) is 1. The Morgan fingerprint density at radius 1 is 1.10 bits per heavy atom. The Hall–Kier alpha value is -1.97. The predicted molar refractivity (Wildman–Crippen MR) is 126 cm³/mol. The van der Waals surface area contributed by atoms with Gasteiger partial charge in [-0.05, 0) is 36.4 Å². The summed E-state index contributed by atoms with van der Waals surface area (Å²) in [6.07, 6.45) is 0. The van der Waals surface area contributed by atoms with Crippen LogP contribution in [0, 0.1) is 0 Å². The van der Waals surface area contributed by atoms with Gasteiger partial charge in [0.1, 0.15) is 5.75 Å². The zero-order valence-corrected chi connectivity index (χ0v) is 19.9. The molecule has 1 heterocycles. The first kappa shape index (κ1) is 23.7. The molecule has 1 aromatic heterocycles. The summed E-state index contributed by atoms with van der Waals surface area (Å²) in [4.78, 5) is 28.9. The van der Waals surface area contributed by atoms with E-state index in [2.05, 4.69) is 10.3 Å². The van der Waals surface area contributed by atoms with Crippen LogP contribution >= 0.6 is 57.9 Å². The van der Waals surface area contributed by atoms with Crippen LogP contribution < -0.4 is 10.1 Å². The van der Waals surface area contributed by atoms with Crippen molar-refractivity contribution in [3.8, 4) is 17.0 Å². The highest BCUT2D eigenvalue weighted by Gasteiger charge is 2.14. The van der Waals surface area contributed by atoms with Gasteiger partial charge in [-0.1, -0.05) is 34.8 Å². The number of halogens is 3. The molecule has 1 N–H and O–H groups in total. The van der Waals surface area contributed by atoms with Gasteiger partial charge >= 0.3 is 5.97 Å². The molecule has 3 rings (SSSR count). The molecule has 0 unspecified atom stereocenters. The number of thioether (sulfide) groups is 1. The highest BCUT2D eigenvalue weighted by atomic mass is 35.5. The molecular weight excluding hydrogens is 503 g/mol. The number of nitrogens with zero attached hydrogens (tertiary/aromatic N) is 1. The van der Waals surface area contributed by atoms with Crippen LogP contribution in [0.2, 0.25) is 15.1 Å². The van der Waals surface area contributed by atoms with E-state index in [0.29, 0.717) is 15.0 Å². The smallest absolute Gasteiger partial charge is 0.316 e. The first-order valence-corrected chi connectivity index (χ1v) is 11.7. The van der Waals surface area contributed by atoms with E-state index in [1.807, 2.05) is 29.6 Å². The number of anilines is 1. The number of carbonyl (C=O) groups excluding carboxylic acids is 2. The molecule has 0 radical (unpaired) electrons. The Morgan fingerprint density at radius 2 is 1.84 bits per heavy atom. The maximum atomic E-state index is 12.1. The van der Waals surface area contributed by atoms with Crippen LogP contribution in [-0.4, -0.2) is 36.3 Å². The maximum Gasteiger partial charge on any atom is 0.316 e. The number of carbonyl (C=O) groups is 2. The lowest BCUT2D eigenvalue weighted by atomic mass is 10.2. The number of methoxy groups -OCH3 is 1. The van der Waals surface area contributed by atoms with Crippen molar-refractivity contribution in [2.45, 2.75) is 4.90 Å². The Labute approximate surface area is 201 Å². The van der Waals surface area contributed by atoms with Crippen molar-refractivity contribution in [3.63, 3.8) is 0 Å². The Bertz CT molecular complexity index is 1090. The molecule has 2 aromatic carbocycles. The number of amides is 1. The average molecular weight is 518 g/mol. The Balaban J connectivity index is 1.46. The topological polar surface area (TPSA) is 77.5 Å². The van der Waals surface area contributed by atoms with E-state index >= 15 is 0 Å². The summed E-state index contributed by atoms with van der Waals surface area (Å²) in [5.74, 6) is -0.347. The lowest BCUT2D eigenvalue weighted by Gasteiger charge is -2.07. The zero-order chi connectivity index (χ0) is 22.4. The minimum atomic E-state index is -0.569. The number of esters is 1. The quantitative estimate of drug-likeness (QED) is 0.223. The minimum absolute atomic E-state index is 0.0379. The van der Waals surface area contributed by atoms with Gasteiger partial charge in [-0.2, -0.15) is 0 Å². The van der Waals surface area contributed by atoms with Crippen molar-refractivity contribution in [2.75, 3.05) is 24.8 Å². The summed E-state index contributed by atoms with van der Waals surface area (Å²) in [5, 5.41) is 5.65. The third-order valence-corrected chi connectivity index (χ3v) is 7.04. The van der Waals surface area contributed by atoms with Gasteiger partial charge in [0.25, 0.3) is 5.91 Å². The van der Waals surface area contributed by atoms with Gasteiger partial charge in [-0.3, -0.25) is 14.9 Å². The van der Waals surface area contributed by atoms with Crippen molar-refractivity contribution >= 4 is 74.9 Å². The summed E-state index contributed by atoms with van der Waals surface area (Å²) >= 11 is 20.4. The molecule has 0 spiro atoms. The summed E-state index contributed by atoms with van der Waals surface area (Å²) in [7, 11) is 1.60. The highest BCUT2D eigenvalue weighted by Crippen LogP contribution is 2.37. The maximum absolute atomic E-state index is 12.1. The second-order valence-corrected chi connectivity index (χ2v) is 8.98. The van der Waals surface area contributed by atoms with Crippen molar-refractivity contribution in [2.24, 2.45) is 0 Å². The first-order valence-electron chi connectivity index (χ1n) is 8.69. The van der Waals surface area contributed by atoms with E-state index in [1.165, 1.54) is 11.3 Å². The summed E-state index contributed by atoms with van der Waals surface area (Å²) in [5.41, 5.74) is 1.61. The number of ether oxygens (including phenoxy) is 2. The van der Waals surface area contributed by atoms with Crippen LogP contribution in [0.25, 0.3) is 11.3 Å². The molecule has 162 valence electrons. The molecule has 0 aliphatic carbocycles. The monoisotopic (exact) mass is 516 g/mol. The standard InChI is InChI=1S/C20H15Cl3N2O4S2/c1-28-12-4-2-11(3-5-12)14-9-31-20(24-14)25-16(26)8-29-17(27)10-30-15-7-6-13(21)18(22)19(15)23/h2-7,9H,8,10H2,1H3,(H,24,25,26). The fourth-order valence-corrected chi connectivity index (χ4v) is 4.57. The molecule has 0 saturated carbocycles. The van der Waals surface area contributed by atoms with Crippen LogP contribution in [0.5, 0.6) is 5.75 Å². The van der Waals surface area contributed by atoms with Gasteiger partial charge in [0, 0.05) is 15.8 Å². The molecular formula is C20H15Cl3N2O4S2. The number of nitrogens with one attached hydrogen (secondary N) is 1. The van der Waals surface area contributed by atoms with Gasteiger partial charge in [0.05, 0.1) is 33.6 Å².